The van der Waals surface area contributed by atoms with Crippen molar-refractivity contribution in [3.05, 3.63) is 77.9 Å². The van der Waals surface area contributed by atoms with Crippen molar-refractivity contribution in [1.82, 2.24) is 10.3 Å². The fraction of sp³-hybridized carbons (Fsp3) is 0.200. The zero-order chi connectivity index (χ0) is 18.2. The van der Waals surface area contributed by atoms with Crippen LogP contribution in [0.15, 0.2) is 65.4 Å². The van der Waals surface area contributed by atoms with E-state index >= 15 is 0 Å². The van der Waals surface area contributed by atoms with Crippen LogP contribution in [-0.2, 0) is 13.0 Å². The monoisotopic (exact) mass is 351 g/mol. The molecule has 0 radical (unpaired) electrons. The predicted octanol–water partition coefficient (Wildman–Crippen LogP) is 3.27. The Morgan fingerprint density at radius 2 is 2.12 bits per heavy atom. The van der Waals surface area contributed by atoms with Gasteiger partial charge < -0.3 is 19.8 Å². The third-order valence-corrected chi connectivity index (χ3v) is 3.88. The van der Waals surface area contributed by atoms with Crippen LogP contribution >= 0.6 is 0 Å². The summed E-state index contributed by atoms with van der Waals surface area (Å²) in [7, 11) is 1.64. The maximum absolute atomic E-state index is 12.3. The number of furan rings is 1. The lowest BCUT2D eigenvalue weighted by atomic mass is 10.1. The SMILES string of the molecule is COc1cccc(CCNC(=O)c2ccnc(NCc3ccco3)c2)c1. The first kappa shape index (κ1) is 17.5. The lowest BCUT2D eigenvalue weighted by Gasteiger charge is -2.08. The van der Waals surface area contributed by atoms with Crippen molar-refractivity contribution in [1.29, 1.82) is 0 Å². The van der Waals surface area contributed by atoms with Gasteiger partial charge in [-0.25, -0.2) is 4.98 Å². The Kier molecular flexibility index (Phi) is 5.88. The van der Waals surface area contributed by atoms with Gasteiger partial charge in [-0.1, -0.05) is 12.1 Å². The van der Waals surface area contributed by atoms with E-state index in [4.69, 9.17) is 9.15 Å². The highest BCUT2D eigenvalue weighted by Gasteiger charge is 2.07. The molecule has 0 saturated carbocycles. The number of rotatable bonds is 8. The lowest BCUT2D eigenvalue weighted by Crippen LogP contribution is -2.25. The molecule has 0 aliphatic rings. The standard InChI is InChI=1S/C20H21N3O3/c1-25-17-5-2-4-15(12-17)7-9-22-20(24)16-8-10-21-19(13-16)23-14-18-6-3-11-26-18/h2-6,8,10-13H,7,9,14H2,1H3,(H,21,23)(H,22,24). The van der Waals surface area contributed by atoms with Gasteiger partial charge in [-0.3, -0.25) is 4.79 Å². The fourth-order valence-electron chi connectivity index (χ4n) is 2.51. The van der Waals surface area contributed by atoms with E-state index in [-0.39, 0.29) is 5.91 Å². The van der Waals surface area contributed by atoms with Crippen molar-refractivity contribution in [2.24, 2.45) is 0 Å². The van der Waals surface area contributed by atoms with Crippen LogP contribution in [0.2, 0.25) is 0 Å². The molecule has 2 N–H and O–H groups in total. The Hall–Kier alpha value is -3.28. The Morgan fingerprint density at radius 1 is 1.19 bits per heavy atom. The summed E-state index contributed by atoms with van der Waals surface area (Å²) in [6.45, 7) is 1.06. The van der Waals surface area contributed by atoms with E-state index < -0.39 is 0 Å². The van der Waals surface area contributed by atoms with Crippen LogP contribution in [0.1, 0.15) is 21.7 Å². The number of amides is 1. The third-order valence-electron chi connectivity index (χ3n) is 3.88. The summed E-state index contributed by atoms with van der Waals surface area (Å²) in [5, 5.41) is 6.07. The van der Waals surface area contributed by atoms with Gasteiger partial charge in [0, 0.05) is 18.3 Å². The minimum absolute atomic E-state index is 0.128. The van der Waals surface area contributed by atoms with Gasteiger partial charge in [0.2, 0.25) is 0 Å². The average Bonchev–Trinajstić information content (AvgIpc) is 3.20. The van der Waals surface area contributed by atoms with Crippen LogP contribution in [0.5, 0.6) is 5.75 Å². The molecule has 6 nitrogen and oxygen atoms in total. The van der Waals surface area contributed by atoms with E-state index in [2.05, 4.69) is 15.6 Å². The number of carbonyl (C=O) groups is 1. The maximum atomic E-state index is 12.3. The van der Waals surface area contributed by atoms with E-state index in [1.807, 2.05) is 36.4 Å². The minimum atomic E-state index is -0.128. The van der Waals surface area contributed by atoms with Gasteiger partial charge in [-0.15, -0.1) is 0 Å². The number of pyridine rings is 1. The Balaban J connectivity index is 1.51. The van der Waals surface area contributed by atoms with Gasteiger partial charge in [-0.2, -0.15) is 0 Å². The molecule has 1 aromatic carbocycles. The van der Waals surface area contributed by atoms with E-state index in [0.29, 0.717) is 24.5 Å². The van der Waals surface area contributed by atoms with Gasteiger partial charge in [0.1, 0.15) is 17.3 Å². The summed E-state index contributed by atoms with van der Waals surface area (Å²) in [4.78, 5) is 16.6. The van der Waals surface area contributed by atoms with Gasteiger partial charge in [0.15, 0.2) is 0 Å². The number of carbonyl (C=O) groups excluding carboxylic acids is 1. The molecule has 0 saturated heterocycles. The quantitative estimate of drug-likeness (QED) is 0.651. The normalized spacial score (nSPS) is 10.3. The topological polar surface area (TPSA) is 76.4 Å². The minimum Gasteiger partial charge on any atom is -0.497 e. The summed E-state index contributed by atoms with van der Waals surface area (Å²) in [6.07, 6.45) is 3.97. The van der Waals surface area contributed by atoms with Crippen LogP contribution in [-0.4, -0.2) is 24.5 Å². The van der Waals surface area contributed by atoms with Gasteiger partial charge in [0.25, 0.3) is 5.91 Å². The van der Waals surface area contributed by atoms with Crippen LogP contribution in [0.4, 0.5) is 5.82 Å². The molecule has 0 aliphatic heterocycles. The number of ether oxygens (including phenoxy) is 1. The van der Waals surface area contributed by atoms with E-state index in [9.17, 15) is 4.79 Å². The summed E-state index contributed by atoms with van der Waals surface area (Å²) in [5.41, 5.74) is 1.67. The summed E-state index contributed by atoms with van der Waals surface area (Å²) >= 11 is 0. The maximum Gasteiger partial charge on any atom is 0.251 e. The first-order chi connectivity index (χ1) is 12.7. The molecule has 0 spiro atoms. The number of nitrogens with one attached hydrogen (secondary N) is 2. The van der Waals surface area contributed by atoms with Crippen LogP contribution in [0.3, 0.4) is 0 Å². The summed E-state index contributed by atoms with van der Waals surface area (Å²) < 4.78 is 10.5. The highest BCUT2D eigenvalue weighted by atomic mass is 16.5. The summed E-state index contributed by atoms with van der Waals surface area (Å²) in [6, 6.07) is 14.9. The number of hydrogen-bond donors (Lipinski definition) is 2. The number of hydrogen-bond acceptors (Lipinski definition) is 5. The number of nitrogens with zero attached hydrogens (tertiary/aromatic N) is 1. The fourth-order valence-corrected chi connectivity index (χ4v) is 2.51. The summed E-state index contributed by atoms with van der Waals surface area (Å²) in [5.74, 6) is 2.12. The molecule has 0 unspecified atom stereocenters. The highest BCUT2D eigenvalue weighted by molar-refractivity contribution is 5.94. The Bertz CT molecular complexity index is 847. The zero-order valence-electron chi connectivity index (χ0n) is 14.6. The van der Waals surface area contributed by atoms with E-state index in [1.165, 1.54) is 0 Å². The first-order valence-corrected chi connectivity index (χ1v) is 8.38. The first-order valence-electron chi connectivity index (χ1n) is 8.38. The third kappa shape index (κ3) is 4.86. The van der Waals surface area contributed by atoms with E-state index in [0.717, 1.165) is 23.5 Å². The Morgan fingerprint density at radius 3 is 2.92 bits per heavy atom. The lowest BCUT2D eigenvalue weighted by molar-refractivity contribution is 0.0954. The van der Waals surface area contributed by atoms with Gasteiger partial charge in [0.05, 0.1) is 19.9 Å². The molecule has 6 heteroatoms. The molecule has 3 rings (SSSR count). The molecule has 26 heavy (non-hydrogen) atoms. The number of methoxy groups -OCH3 is 1. The number of anilines is 1. The van der Waals surface area contributed by atoms with Crippen molar-refractivity contribution in [2.45, 2.75) is 13.0 Å². The average molecular weight is 351 g/mol. The molecule has 0 fully saturated rings. The van der Waals surface area contributed by atoms with Crippen molar-refractivity contribution < 1.29 is 13.9 Å². The van der Waals surface area contributed by atoms with Crippen LogP contribution in [0, 0.1) is 0 Å². The van der Waals surface area contributed by atoms with Crippen LogP contribution in [0.25, 0.3) is 0 Å². The molecular weight excluding hydrogens is 330 g/mol. The predicted molar refractivity (Wildman–Crippen MR) is 99.3 cm³/mol. The molecule has 0 aliphatic carbocycles. The number of benzene rings is 1. The van der Waals surface area contributed by atoms with E-state index in [1.54, 1.807) is 31.7 Å². The second-order valence-corrected chi connectivity index (χ2v) is 5.72. The second kappa shape index (κ2) is 8.71. The molecule has 0 bridgehead atoms. The van der Waals surface area contributed by atoms with Crippen molar-refractivity contribution in [2.75, 3.05) is 19.0 Å². The molecule has 0 atom stereocenters. The molecule has 2 heterocycles. The molecule has 1 amide bonds. The molecule has 2 aromatic heterocycles. The van der Waals surface area contributed by atoms with Gasteiger partial charge >= 0.3 is 0 Å². The highest BCUT2D eigenvalue weighted by Crippen LogP contribution is 2.13. The van der Waals surface area contributed by atoms with Crippen molar-refractivity contribution >= 4 is 11.7 Å². The largest absolute Gasteiger partial charge is 0.497 e. The zero-order valence-corrected chi connectivity index (χ0v) is 14.6. The second-order valence-electron chi connectivity index (χ2n) is 5.72. The smallest absolute Gasteiger partial charge is 0.251 e. The van der Waals surface area contributed by atoms with Crippen molar-refractivity contribution in [3.8, 4) is 5.75 Å². The molecule has 3 aromatic rings. The van der Waals surface area contributed by atoms with Crippen molar-refractivity contribution in [3.63, 3.8) is 0 Å². The van der Waals surface area contributed by atoms with Crippen LogP contribution < -0.4 is 15.4 Å². The Labute approximate surface area is 152 Å². The number of aromatic nitrogens is 1. The van der Waals surface area contributed by atoms with Gasteiger partial charge in [-0.05, 0) is 48.4 Å². The molecule has 134 valence electrons. The molecular formula is C20H21N3O3.